The lowest BCUT2D eigenvalue weighted by molar-refractivity contribution is -0.297. The molecule has 1 fully saturated rings. The molecule has 2 unspecified atom stereocenters. The summed E-state index contributed by atoms with van der Waals surface area (Å²) in [5.41, 5.74) is 0. The maximum Gasteiger partial charge on any atom is 0.306 e. The third-order valence-electron chi connectivity index (χ3n) is 9.16. The lowest BCUT2D eigenvalue weighted by Crippen LogP contribution is -2.60. The lowest BCUT2D eigenvalue weighted by Gasteiger charge is -2.40. The van der Waals surface area contributed by atoms with Crippen molar-refractivity contribution in [3.8, 4) is 0 Å². The fourth-order valence-corrected chi connectivity index (χ4v) is 6.53. The smallest absolute Gasteiger partial charge is 0.306 e. The first kappa shape index (κ1) is 54.6. The van der Waals surface area contributed by atoms with Crippen LogP contribution in [0.15, 0.2) is 97.2 Å². The monoisotopic (exact) mass is 862 g/mol. The summed E-state index contributed by atoms with van der Waals surface area (Å²) >= 11 is 0. The van der Waals surface area contributed by atoms with E-state index in [9.17, 15) is 37.9 Å². The Morgan fingerprint density at radius 3 is 1.53 bits per heavy atom. The van der Waals surface area contributed by atoms with Gasteiger partial charge >= 0.3 is 11.9 Å². The number of aliphatic hydroxyl groups excluding tert-OH is 3. The summed E-state index contributed by atoms with van der Waals surface area (Å²) in [6, 6.07) is 0. The normalized spacial score (nSPS) is 21.1. The van der Waals surface area contributed by atoms with Crippen LogP contribution in [0.1, 0.15) is 129 Å². The van der Waals surface area contributed by atoms with Gasteiger partial charge in [0.1, 0.15) is 36.8 Å². The third kappa shape index (κ3) is 30.6. The Morgan fingerprint density at radius 2 is 1.02 bits per heavy atom. The summed E-state index contributed by atoms with van der Waals surface area (Å²) in [5, 5.41) is 30.9. The molecule has 1 saturated heterocycles. The number of carbonyl (C=O) groups is 2. The zero-order valence-corrected chi connectivity index (χ0v) is 36.8. The maximum atomic E-state index is 12.8. The number of hydrogen-bond acceptors (Lipinski definition) is 11. The van der Waals surface area contributed by atoms with Crippen LogP contribution in [0.4, 0.5) is 0 Å². The van der Waals surface area contributed by atoms with Crippen molar-refractivity contribution in [2.24, 2.45) is 0 Å². The molecule has 1 rings (SSSR count). The third-order valence-corrected chi connectivity index (χ3v) is 9.91. The maximum absolute atomic E-state index is 12.8. The minimum Gasteiger partial charge on any atom is -0.462 e. The quantitative estimate of drug-likeness (QED) is 0.0209. The van der Waals surface area contributed by atoms with Crippen molar-refractivity contribution in [2.45, 2.75) is 166 Å². The van der Waals surface area contributed by atoms with E-state index in [2.05, 4.69) is 98.9 Å². The molecule has 1 aliphatic rings. The SMILES string of the molecule is CC/C=C/C/C=C/C/C=C/C/C=C/C/C=C/CCCC(=O)O[C@H](COC(=O)CCCCCCC/C=C/C/C=C/C/C=C/CC)CO[C@H]1O[C@H](CS(=O)(=O)O)[C@@H](O)C(O)C1O. The first-order chi connectivity index (χ1) is 29.0. The van der Waals surface area contributed by atoms with Crippen LogP contribution < -0.4 is 0 Å². The topological polar surface area (TPSA) is 186 Å². The molecule has 4 N–H and O–H groups in total. The van der Waals surface area contributed by atoms with E-state index in [4.69, 9.17) is 18.9 Å². The van der Waals surface area contributed by atoms with Gasteiger partial charge in [0, 0.05) is 12.8 Å². The fourth-order valence-electron chi connectivity index (χ4n) is 5.84. The van der Waals surface area contributed by atoms with E-state index in [0.29, 0.717) is 19.3 Å². The van der Waals surface area contributed by atoms with Crippen LogP contribution in [0.3, 0.4) is 0 Å². The molecule has 6 atom stereocenters. The predicted molar refractivity (Wildman–Crippen MR) is 237 cm³/mol. The molecule has 1 aliphatic heterocycles. The molecule has 0 radical (unpaired) electrons. The number of carbonyl (C=O) groups excluding carboxylic acids is 2. The van der Waals surface area contributed by atoms with Gasteiger partial charge in [-0.1, -0.05) is 130 Å². The Morgan fingerprint density at radius 1 is 0.567 bits per heavy atom. The number of allylic oxidation sites excluding steroid dienone is 16. The minimum atomic E-state index is -4.62. The van der Waals surface area contributed by atoms with Crippen molar-refractivity contribution in [1.82, 2.24) is 0 Å². The fraction of sp³-hybridized carbons (Fsp3) is 0.617. The Hall–Kier alpha value is -3.43. The van der Waals surface area contributed by atoms with Crippen molar-refractivity contribution in [1.29, 1.82) is 0 Å². The van der Waals surface area contributed by atoms with Crippen LogP contribution in [0.2, 0.25) is 0 Å². The summed E-state index contributed by atoms with van der Waals surface area (Å²) in [4.78, 5) is 25.4. The molecule has 60 heavy (non-hydrogen) atoms. The highest BCUT2D eigenvalue weighted by atomic mass is 32.2. The van der Waals surface area contributed by atoms with E-state index < -0.39 is 71.2 Å². The van der Waals surface area contributed by atoms with E-state index in [1.165, 1.54) is 0 Å². The molecule has 0 aromatic heterocycles. The van der Waals surface area contributed by atoms with Crippen molar-refractivity contribution in [3.05, 3.63) is 97.2 Å². The highest BCUT2D eigenvalue weighted by molar-refractivity contribution is 7.85. The highest BCUT2D eigenvalue weighted by Gasteiger charge is 2.46. The average Bonchev–Trinajstić information content (AvgIpc) is 3.21. The first-order valence-corrected chi connectivity index (χ1v) is 23.4. The van der Waals surface area contributed by atoms with E-state index in [1.54, 1.807) is 0 Å². The molecule has 0 aliphatic carbocycles. The van der Waals surface area contributed by atoms with E-state index in [1.807, 2.05) is 12.2 Å². The van der Waals surface area contributed by atoms with Gasteiger partial charge in [-0.15, -0.1) is 0 Å². The summed E-state index contributed by atoms with van der Waals surface area (Å²) < 4.78 is 53.9. The molecule has 12 nitrogen and oxygen atoms in total. The Bertz CT molecular complexity index is 1480. The molecule has 0 spiro atoms. The van der Waals surface area contributed by atoms with E-state index >= 15 is 0 Å². The Kier molecular flexibility index (Phi) is 33.0. The van der Waals surface area contributed by atoms with Gasteiger partial charge in [-0.05, 0) is 83.5 Å². The van der Waals surface area contributed by atoms with Gasteiger partial charge in [-0.25, -0.2) is 0 Å². The molecule has 0 saturated carbocycles. The van der Waals surface area contributed by atoms with E-state index in [-0.39, 0.29) is 19.4 Å². The summed E-state index contributed by atoms with van der Waals surface area (Å²) in [5.74, 6) is -2.10. The number of ether oxygens (including phenoxy) is 4. The number of aliphatic hydroxyl groups is 3. The zero-order valence-electron chi connectivity index (χ0n) is 36.0. The Balaban J connectivity index is 2.53. The molecule has 13 heteroatoms. The molecular weight excluding hydrogens is 789 g/mol. The van der Waals surface area contributed by atoms with Crippen LogP contribution in [0, 0.1) is 0 Å². The minimum absolute atomic E-state index is 0.0758. The second-order valence-electron chi connectivity index (χ2n) is 14.6. The second kappa shape index (κ2) is 36.2. The molecular formula is C47H74O12S. The molecule has 0 amide bonds. The number of esters is 2. The summed E-state index contributed by atoms with van der Waals surface area (Å²) in [7, 11) is -4.62. The van der Waals surface area contributed by atoms with Gasteiger partial charge in [-0.2, -0.15) is 8.42 Å². The van der Waals surface area contributed by atoms with Gasteiger partial charge in [0.15, 0.2) is 12.4 Å². The largest absolute Gasteiger partial charge is 0.462 e. The van der Waals surface area contributed by atoms with Crippen LogP contribution in [0.5, 0.6) is 0 Å². The van der Waals surface area contributed by atoms with Crippen LogP contribution in [0.25, 0.3) is 0 Å². The molecule has 0 aromatic rings. The van der Waals surface area contributed by atoms with Crippen molar-refractivity contribution >= 4 is 22.1 Å². The van der Waals surface area contributed by atoms with Crippen LogP contribution >= 0.6 is 0 Å². The van der Waals surface area contributed by atoms with E-state index in [0.717, 1.165) is 83.5 Å². The van der Waals surface area contributed by atoms with Gasteiger partial charge in [0.25, 0.3) is 10.1 Å². The van der Waals surface area contributed by atoms with Gasteiger partial charge < -0.3 is 34.3 Å². The molecule has 340 valence electrons. The van der Waals surface area contributed by atoms with Crippen LogP contribution in [-0.4, -0.2) is 96.0 Å². The average molecular weight is 863 g/mol. The van der Waals surface area contributed by atoms with Crippen molar-refractivity contribution < 1.29 is 56.8 Å². The Labute approximate surface area is 360 Å². The van der Waals surface area contributed by atoms with Crippen LogP contribution in [-0.2, 0) is 38.7 Å². The summed E-state index contributed by atoms with van der Waals surface area (Å²) in [6.45, 7) is 3.45. The standard InChI is InChI=1S/C47H74O12S/c1-3-5-7-9-11-13-15-17-19-20-22-24-26-28-30-32-34-36-43(49)58-40(38-57-47-46(52)45(51)44(50)41(59-47)39-60(53,54)55)37-56-42(48)35-33-31-29-27-25-23-21-18-16-14-12-10-8-6-4-2/h5-8,11-14,17-19,21-22,24,28,30,40-41,44-47,50-52H,3-4,9-10,15-16,20,23,25-27,29,31-39H2,1-2H3,(H,53,54,55)/b7-5+,8-6+,13-11+,14-12+,19-17+,21-18+,24-22+,30-28+/t40-,41-,44-,45?,46?,47+/m1/s1. The second-order valence-corrected chi connectivity index (χ2v) is 16.1. The van der Waals surface area contributed by atoms with Gasteiger partial charge in [0.05, 0.1) is 6.61 Å². The predicted octanol–water partition coefficient (Wildman–Crippen LogP) is 8.66. The number of unbranched alkanes of at least 4 members (excludes halogenated alkanes) is 6. The summed E-state index contributed by atoms with van der Waals surface area (Å²) in [6.07, 6.45) is 38.9. The molecule has 1 heterocycles. The zero-order chi connectivity index (χ0) is 44.1. The van der Waals surface area contributed by atoms with Crippen molar-refractivity contribution in [3.63, 3.8) is 0 Å². The molecule has 0 aromatic carbocycles. The highest BCUT2D eigenvalue weighted by Crippen LogP contribution is 2.24. The van der Waals surface area contributed by atoms with Crippen molar-refractivity contribution in [2.75, 3.05) is 19.0 Å². The van der Waals surface area contributed by atoms with Gasteiger partial charge in [0.2, 0.25) is 0 Å². The number of rotatable bonds is 34. The molecule has 0 bridgehead atoms. The van der Waals surface area contributed by atoms with Gasteiger partial charge in [-0.3, -0.25) is 14.1 Å². The first-order valence-electron chi connectivity index (χ1n) is 21.8. The number of hydrogen-bond donors (Lipinski definition) is 4. The lowest BCUT2D eigenvalue weighted by atomic mass is 10.00.